The van der Waals surface area contributed by atoms with Crippen molar-refractivity contribution < 1.29 is 40.4 Å². The molecule has 1 fully saturated rings. The summed E-state index contributed by atoms with van der Waals surface area (Å²) in [6, 6.07) is 17.1. The minimum Gasteiger partial charge on any atom is -1.00 e. The number of hydrogen-bond donors (Lipinski definition) is 0. The monoisotopic (exact) mass is 577 g/mol. The van der Waals surface area contributed by atoms with Crippen LogP contribution in [0.1, 0.15) is 65.0 Å². The third kappa shape index (κ3) is 11.4. The first kappa shape index (κ1) is 31.6. The highest BCUT2D eigenvalue weighted by Crippen LogP contribution is 2.36. The zero-order chi connectivity index (χ0) is 26.2. The van der Waals surface area contributed by atoms with Crippen molar-refractivity contribution in [3.63, 3.8) is 0 Å². The molecule has 208 valence electrons. The summed E-state index contributed by atoms with van der Waals surface area (Å²) in [4.78, 5) is 0. The summed E-state index contributed by atoms with van der Waals surface area (Å²) in [6.07, 6.45) is 2.74. The maximum Gasteiger partial charge on any atom is 0.160 e. The van der Waals surface area contributed by atoms with Crippen LogP contribution in [0.25, 0.3) is 0 Å². The largest absolute Gasteiger partial charge is 1.00 e. The molecule has 37 heavy (non-hydrogen) atoms. The van der Waals surface area contributed by atoms with Gasteiger partial charge < -0.3 is 40.4 Å². The van der Waals surface area contributed by atoms with Gasteiger partial charge in [0.1, 0.15) is 31.2 Å². The molecule has 0 radical (unpaired) electrons. The molecule has 0 aromatic heterocycles. The van der Waals surface area contributed by atoms with Crippen LogP contribution in [0, 0.1) is 5.41 Å². The Bertz CT molecular complexity index is 914. The number of halogens is 1. The smallest absolute Gasteiger partial charge is 0.160 e. The summed E-state index contributed by atoms with van der Waals surface area (Å²) in [5, 5.41) is 0. The number of rotatable bonds is 12. The highest BCUT2D eigenvalue weighted by atomic mass is 79.9. The third-order valence-corrected chi connectivity index (χ3v) is 6.63. The van der Waals surface area contributed by atoms with Crippen molar-refractivity contribution >= 4 is 0 Å². The van der Waals surface area contributed by atoms with E-state index in [9.17, 15) is 0 Å². The van der Waals surface area contributed by atoms with Gasteiger partial charge in [0.05, 0.1) is 33.9 Å². The summed E-state index contributed by atoms with van der Waals surface area (Å²) >= 11 is 0. The van der Waals surface area contributed by atoms with E-state index in [0.717, 1.165) is 61.5 Å². The molecule has 5 nitrogen and oxygen atoms in total. The molecule has 0 N–H and O–H groups in total. The van der Waals surface area contributed by atoms with E-state index in [1.807, 2.05) is 0 Å². The minimum atomic E-state index is -0.128. The van der Waals surface area contributed by atoms with E-state index in [0.29, 0.717) is 18.6 Å². The highest BCUT2D eigenvalue weighted by molar-refractivity contribution is 5.32. The Morgan fingerprint density at radius 1 is 0.811 bits per heavy atom. The molecule has 1 aliphatic rings. The molecule has 1 saturated heterocycles. The molecule has 2 aromatic rings. The molecule has 0 saturated carbocycles. The molecule has 1 heterocycles. The second kappa shape index (κ2) is 14.0. The number of nitrogens with zero attached hydrogens (tertiary/aromatic N) is 1. The minimum absolute atomic E-state index is 0. The summed E-state index contributed by atoms with van der Waals surface area (Å²) < 4.78 is 24.0. The molecule has 0 aliphatic carbocycles. The Kier molecular flexibility index (Phi) is 11.9. The van der Waals surface area contributed by atoms with Crippen LogP contribution in [0.3, 0.4) is 0 Å². The van der Waals surface area contributed by atoms with Gasteiger partial charge in [0, 0.05) is 12.0 Å². The van der Waals surface area contributed by atoms with Gasteiger partial charge in [-0.05, 0) is 65.6 Å². The topological polar surface area (TPSA) is 36.9 Å². The van der Waals surface area contributed by atoms with E-state index in [1.54, 1.807) is 0 Å². The Hall–Kier alpha value is -1.60. The Balaban J connectivity index is 0.00000481. The lowest BCUT2D eigenvalue weighted by Crippen LogP contribution is -3.00. The van der Waals surface area contributed by atoms with Gasteiger partial charge in [-0.2, -0.15) is 0 Å². The first-order chi connectivity index (χ1) is 16.9. The van der Waals surface area contributed by atoms with E-state index < -0.39 is 0 Å². The van der Waals surface area contributed by atoms with E-state index in [2.05, 4.69) is 97.2 Å². The van der Waals surface area contributed by atoms with Crippen molar-refractivity contribution in [1.29, 1.82) is 0 Å². The molecule has 0 unspecified atom stereocenters. The van der Waals surface area contributed by atoms with Crippen LogP contribution >= 0.6 is 0 Å². The first-order valence-corrected chi connectivity index (χ1v) is 13.4. The number of quaternary nitrogens is 1. The average molecular weight is 579 g/mol. The number of hydrogen-bond acceptors (Lipinski definition) is 4. The summed E-state index contributed by atoms with van der Waals surface area (Å²) in [5.74, 6) is 1.83. The predicted molar refractivity (Wildman–Crippen MR) is 147 cm³/mol. The van der Waals surface area contributed by atoms with Crippen LogP contribution in [0.5, 0.6) is 11.5 Å². The van der Waals surface area contributed by atoms with E-state index in [-0.39, 0.29) is 28.7 Å². The third-order valence-electron chi connectivity index (χ3n) is 6.63. The van der Waals surface area contributed by atoms with E-state index >= 15 is 0 Å². The molecule has 2 aromatic carbocycles. The fraction of sp³-hybridized carbons (Fsp3) is 0.613. The normalized spacial score (nSPS) is 15.2. The molecular formula is C31H48BrNO4. The van der Waals surface area contributed by atoms with Crippen LogP contribution in [0.15, 0.2) is 48.5 Å². The van der Waals surface area contributed by atoms with Crippen molar-refractivity contribution in [3.05, 3.63) is 59.7 Å². The lowest BCUT2D eigenvalue weighted by atomic mass is 9.72. The van der Waals surface area contributed by atoms with Crippen LogP contribution in [0.4, 0.5) is 0 Å². The molecule has 6 heteroatoms. The summed E-state index contributed by atoms with van der Waals surface area (Å²) in [6.45, 7) is 16.3. The van der Waals surface area contributed by atoms with Crippen molar-refractivity contribution in [1.82, 2.24) is 0 Å². The Labute approximate surface area is 235 Å². The van der Waals surface area contributed by atoms with Crippen LogP contribution in [-0.4, -0.2) is 57.8 Å². The standard InChI is InChI=1S/C31H48NO4.BrH/c1-30(2,3)24-31(4,5)26-11-15-28(16-12-26)34-22-18-32(6,7)23-25-9-13-27(14-10-25)33-21-17-29-35-19-8-20-36-29;/h9-16,29H,8,17-24H2,1-7H3;1H/q+1;/p-1. The van der Waals surface area contributed by atoms with E-state index in [4.69, 9.17) is 18.9 Å². The fourth-order valence-corrected chi connectivity index (χ4v) is 5.08. The number of benzene rings is 2. The maximum absolute atomic E-state index is 6.11. The second-order valence-corrected chi connectivity index (χ2v) is 12.6. The van der Waals surface area contributed by atoms with Gasteiger partial charge in [-0.25, -0.2) is 0 Å². The van der Waals surface area contributed by atoms with E-state index in [1.165, 1.54) is 11.1 Å². The quantitative estimate of drug-likeness (QED) is 0.361. The van der Waals surface area contributed by atoms with Crippen molar-refractivity contribution in [2.24, 2.45) is 5.41 Å². The molecule has 3 rings (SSSR count). The SMILES string of the molecule is CC(C)(C)CC(C)(C)c1ccc(OCC[N+](C)(C)Cc2ccc(OCCC3OCCCO3)cc2)cc1.[Br-]. The van der Waals surface area contributed by atoms with Crippen molar-refractivity contribution in [2.75, 3.05) is 47.1 Å². The van der Waals surface area contributed by atoms with Gasteiger partial charge in [0.25, 0.3) is 0 Å². The molecule has 0 spiro atoms. The number of likely N-dealkylation sites (N-methyl/N-ethyl adjacent to an activating group) is 1. The van der Waals surface area contributed by atoms with Crippen LogP contribution < -0.4 is 26.5 Å². The van der Waals surface area contributed by atoms with Gasteiger partial charge in [-0.1, -0.05) is 46.8 Å². The van der Waals surface area contributed by atoms with Crippen LogP contribution in [0.2, 0.25) is 0 Å². The highest BCUT2D eigenvalue weighted by Gasteiger charge is 2.27. The second-order valence-electron chi connectivity index (χ2n) is 12.6. The van der Waals surface area contributed by atoms with Gasteiger partial charge in [0.2, 0.25) is 0 Å². The first-order valence-electron chi connectivity index (χ1n) is 13.4. The number of ether oxygens (including phenoxy) is 4. The van der Waals surface area contributed by atoms with Crippen molar-refractivity contribution in [3.8, 4) is 11.5 Å². The van der Waals surface area contributed by atoms with Gasteiger partial charge in [-0.15, -0.1) is 0 Å². The molecule has 0 amide bonds. The Morgan fingerprint density at radius 3 is 1.92 bits per heavy atom. The summed E-state index contributed by atoms with van der Waals surface area (Å²) in [7, 11) is 4.49. The fourth-order valence-electron chi connectivity index (χ4n) is 5.08. The predicted octanol–water partition coefficient (Wildman–Crippen LogP) is 3.59. The molecule has 1 aliphatic heterocycles. The zero-order valence-corrected chi connectivity index (χ0v) is 25.6. The lowest BCUT2D eigenvalue weighted by molar-refractivity contribution is -0.903. The van der Waals surface area contributed by atoms with Gasteiger partial charge in [0.15, 0.2) is 6.29 Å². The summed E-state index contributed by atoms with van der Waals surface area (Å²) in [5.41, 5.74) is 3.10. The molecular weight excluding hydrogens is 530 g/mol. The maximum atomic E-state index is 6.11. The zero-order valence-electron chi connectivity index (χ0n) is 24.0. The molecule has 0 atom stereocenters. The van der Waals surface area contributed by atoms with Gasteiger partial charge >= 0.3 is 0 Å². The van der Waals surface area contributed by atoms with Crippen molar-refractivity contribution in [2.45, 2.75) is 72.1 Å². The Morgan fingerprint density at radius 2 is 1.35 bits per heavy atom. The van der Waals surface area contributed by atoms with Gasteiger partial charge in [-0.3, -0.25) is 0 Å². The average Bonchev–Trinajstić information content (AvgIpc) is 2.79. The lowest BCUT2D eigenvalue weighted by Gasteiger charge is -2.33. The van der Waals surface area contributed by atoms with Crippen LogP contribution in [-0.2, 0) is 21.4 Å². The molecule has 0 bridgehead atoms.